The lowest BCUT2D eigenvalue weighted by atomic mass is 10.0. The molecule has 1 unspecified atom stereocenters. The van der Waals surface area contributed by atoms with Gasteiger partial charge in [-0.25, -0.2) is 4.39 Å². The summed E-state index contributed by atoms with van der Waals surface area (Å²) in [6.45, 7) is 3.66. The van der Waals surface area contributed by atoms with Crippen LogP contribution >= 0.6 is 0 Å². The van der Waals surface area contributed by atoms with Gasteiger partial charge in [0.2, 0.25) is 0 Å². The lowest BCUT2D eigenvalue weighted by Crippen LogP contribution is -2.42. The number of aliphatic imine (C=N–C) groups is 1. The summed E-state index contributed by atoms with van der Waals surface area (Å²) >= 11 is 0. The molecule has 168 valence electrons. The van der Waals surface area contributed by atoms with Gasteiger partial charge >= 0.3 is 0 Å². The van der Waals surface area contributed by atoms with E-state index in [1.165, 1.54) is 24.5 Å². The Morgan fingerprint density at radius 2 is 1.90 bits per heavy atom. The van der Waals surface area contributed by atoms with Crippen LogP contribution in [0.25, 0.3) is 0 Å². The van der Waals surface area contributed by atoms with Gasteiger partial charge in [-0.3, -0.25) is 9.89 Å². The average Bonchev–Trinajstić information content (AvgIpc) is 3.33. The SMILES string of the molecule is CN=C(NCc1ccc(F)c(COC)c1)NCC(c1ccccc1OC)N1CCCC1. The van der Waals surface area contributed by atoms with Crippen LogP contribution in [0, 0.1) is 5.82 Å². The lowest BCUT2D eigenvalue weighted by Gasteiger charge is -2.30. The number of ether oxygens (including phenoxy) is 2. The van der Waals surface area contributed by atoms with Gasteiger partial charge in [0.25, 0.3) is 0 Å². The number of rotatable bonds is 9. The molecule has 2 aromatic carbocycles. The van der Waals surface area contributed by atoms with E-state index in [9.17, 15) is 4.39 Å². The molecular formula is C24H33FN4O2. The van der Waals surface area contributed by atoms with E-state index in [0.29, 0.717) is 24.6 Å². The highest BCUT2D eigenvalue weighted by molar-refractivity contribution is 5.79. The Morgan fingerprint density at radius 1 is 1.13 bits per heavy atom. The van der Waals surface area contributed by atoms with Gasteiger partial charge in [0, 0.05) is 38.4 Å². The van der Waals surface area contributed by atoms with E-state index in [1.54, 1.807) is 27.3 Å². The van der Waals surface area contributed by atoms with Crippen molar-refractivity contribution in [2.24, 2.45) is 4.99 Å². The molecule has 0 radical (unpaired) electrons. The zero-order valence-electron chi connectivity index (χ0n) is 18.7. The quantitative estimate of drug-likeness (QED) is 0.473. The topological polar surface area (TPSA) is 58.1 Å². The number of hydrogen-bond donors (Lipinski definition) is 2. The number of nitrogens with zero attached hydrogens (tertiary/aromatic N) is 2. The van der Waals surface area contributed by atoms with Crippen molar-refractivity contribution in [1.82, 2.24) is 15.5 Å². The van der Waals surface area contributed by atoms with Crippen molar-refractivity contribution in [3.05, 3.63) is 65.0 Å². The molecule has 2 N–H and O–H groups in total. The third-order valence-corrected chi connectivity index (χ3v) is 5.64. The third kappa shape index (κ3) is 6.18. The molecule has 1 fully saturated rings. The van der Waals surface area contributed by atoms with E-state index in [0.717, 1.165) is 24.4 Å². The highest BCUT2D eigenvalue weighted by Gasteiger charge is 2.26. The van der Waals surface area contributed by atoms with Gasteiger partial charge in [-0.05, 0) is 49.7 Å². The summed E-state index contributed by atoms with van der Waals surface area (Å²) in [5, 5.41) is 6.79. The van der Waals surface area contributed by atoms with Crippen molar-refractivity contribution in [3.8, 4) is 5.75 Å². The van der Waals surface area contributed by atoms with Crippen LogP contribution in [0.5, 0.6) is 5.75 Å². The fourth-order valence-corrected chi connectivity index (χ4v) is 4.03. The molecular weight excluding hydrogens is 395 g/mol. The molecule has 1 saturated heterocycles. The number of nitrogens with one attached hydrogen (secondary N) is 2. The van der Waals surface area contributed by atoms with Crippen LogP contribution in [0.4, 0.5) is 4.39 Å². The van der Waals surface area contributed by atoms with Crippen LogP contribution in [0.1, 0.15) is 35.6 Å². The Bertz CT molecular complexity index is 868. The first-order valence-corrected chi connectivity index (χ1v) is 10.7. The summed E-state index contributed by atoms with van der Waals surface area (Å²) in [6, 6.07) is 13.5. The summed E-state index contributed by atoms with van der Waals surface area (Å²) in [7, 11) is 5.04. The number of guanidine groups is 1. The lowest BCUT2D eigenvalue weighted by molar-refractivity contribution is 0.181. The van der Waals surface area contributed by atoms with Gasteiger partial charge in [0.1, 0.15) is 11.6 Å². The molecule has 6 nitrogen and oxygen atoms in total. The minimum Gasteiger partial charge on any atom is -0.496 e. The second-order valence-electron chi connectivity index (χ2n) is 7.67. The second kappa shape index (κ2) is 11.7. The summed E-state index contributed by atoms with van der Waals surface area (Å²) in [5.74, 6) is 1.36. The van der Waals surface area contributed by atoms with Crippen molar-refractivity contribution >= 4 is 5.96 Å². The van der Waals surface area contributed by atoms with Gasteiger partial charge in [0.05, 0.1) is 19.8 Å². The molecule has 0 spiro atoms. The van der Waals surface area contributed by atoms with E-state index < -0.39 is 0 Å². The number of halogens is 1. The second-order valence-corrected chi connectivity index (χ2v) is 7.67. The molecule has 0 amide bonds. The summed E-state index contributed by atoms with van der Waals surface area (Å²) in [5.41, 5.74) is 2.70. The first-order chi connectivity index (χ1) is 15.2. The van der Waals surface area contributed by atoms with Crippen LogP contribution in [0.15, 0.2) is 47.5 Å². The fourth-order valence-electron chi connectivity index (χ4n) is 4.03. The molecule has 1 aliphatic rings. The van der Waals surface area contributed by atoms with Crippen molar-refractivity contribution in [3.63, 3.8) is 0 Å². The molecule has 1 aliphatic heterocycles. The zero-order chi connectivity index (χ0) is 22.1. The molecule has 31 heavy (non-hydrogen) atoms. The molecule has 0 aliphatic carbocycles. The van der Waals surface area contributed by atoms with Crippen LogP contribution in [-0.2, 0) is 17.9 Å². The van der Waals surface area contributed by atoms with Crippen LogP contribution in [0.2, 0.25) is 0 Å². The van der Waals surface area contributed by atoms with Gasteiger partial charge in [-0.2, -0.15) is 0 Å². The predicted octanol–water partition coefficient (Wildman–Crippen LogP) is 3.48. The van der Waals surface area contributed by atoms with Gasteiger partial charge in [0.15, 0.2) is 5.96 Å². The molecule has 3 rings (SSSR count). The van der Waals surface area contributed by atoms with E-state index in [4.69, 9.17) is 9.47 Å². The molecule has 1 heterocycles. The highest BCUT2D eigenvalue weighted by Crippen LogP contribution is 2.31. The molecule has 0 saturated carbocycles. The number of methoxy groups -OCH3 is 2. The number of benzene rings is 2. The van der Waals surface area contributed by atoms with Gasteiger partial charge < -0.3 is 20.1 Å². The van der Waals surface area contributed by atoms with Crippen LogP contribution in [0.3, 0.4) is 0 Å². The minimum absolute atomic E-state index is 0.191. The smallest absolute Gasteiger partial charge is 0.191 e. The highest BCUT2D eigenvalue weighted by atomic mass is 19.1. The fraction of sp³-hybridized carbons (Fsp3) is 0.458. The molecule has 2 aromatic rings. The maximum Gasteiger partial charge on any atom is 0.191 e. The Hall–Kier alpha value is -2.64. The van der Waals surface area contributed by atoms with Crippen molar-refractivity contribution in [1.29, 1.82) is 0 Å². The van der Waals surface area contributed by atoms with Gasteiger partial charge in [-0.15, -0.1) is 0 Å². The Kier molecular flexibility index (Phi) is 8.67. The maximum atomic E-state index is 13.9. The van der Waals surface area contributed by atoms with Crippen LogP contribution in [-0.4, -0.2) is 51.8 Å². The van der Waals surface area contributed by atoms with E-state index in [1.807, 2.05) is 18.2 Å². The molecule has 0 aromatic heterocycles. The van der Waals surface area contributed by atoms with E-state index in [2.05, 4.69) is 32.7 Å². The summed E-state index contributed by atoms with van der Waals surface area (Å²) < 4.78 is 24.5. The van der Waals surface area contributed by atoms with E-state index >= 15 is 0 Å². The number of para-hydroxylation sites is 1. The Labute approximate surface area is 184 Å². The van der Waals surface area contributed by atoms with E-state index in [-0.39, 0.29) is 18.5 Å². The summed E-state index contributed by atoms with van der Waals surface area (Å²) in [4.78, 5) is 6.86. The molecule has 0 bridgehead atoms. The van der Waals surface area contributed by atoms with Crippen molar-refractivity contribution in [2.45, 2.75) is 32.0 Å². The minimum atomic E-state index is -0.252. The zero-order valence-corrected chi connectivity index (χ0v) is 18.7. The first kappa shape index (κ1) is 23.0. The van der Waals surface area contributed by atoms with Crippen molar-refractivity contribution in [2.75, 3.05) is 40.9 Å². The predicted molar refractivity (Wildman–Crippen MR) is 122 cm³/mol. The van der Waals surface area contributed by atoms with Crippen LogP contribution < -0.4 is 15.4 Å². The van der Waals surface area contributed by atoms with Gasteiger partial charge in [-0.1, -0.05) is 24.3 Å². The maximum absolute atomic E-state index is 13.9. The first-order valence-electron chi connectivity index (χ1n) is 10.7. The largest absolute Gasteiger partial charge is 0.496 e. The summed E-state index contributed by atoms with van der Waals surface area (Å²) in [6.07, 6.45) is 2.43. The average molecular weight is 429 g/mol. The molecule has 1 atom stereocenters. The van der Waals surface area contributed by atoms with Crippen molar-refractivity contribution < 1.29 is 13.9 Å². The Balaban J connectivity index is 1.65. The number of hydrogen-bond acceptors (Lipinski definition) is 4. The number of likely N-dealkylation sites (tertiary alicyclic amines) is 1. The normalized spacial score (nSPS) is 15.7. The monoisotopic (exact) mass is 428 g/mol. The Morgan fingerprint density at radius 3 is 2.61 bits per heavy atom. The molecule has 7 heteroatoms. The standard InChI is InChI=1S/C24H33FN4O2/c1-26-24(27-15-18-10-11-21(25)19(14-18)17-30-2)28-16-22(29-12-6-7-13-29)20-8-4-5-9-23(20)31-3/h4-5,8-11,14,22H,6-7,12-13,15-17H2,1-3H3,(H2,26,27,28). The third-order valence-electron chi connectivity index (χ3n) is 5.64.